The maximum absolute atomic E-state index is 12.7. The van der Waals surface area contributed by atoms with E-state index in [-0.39, 0.29) is 22.6 Å². The second-order valence-corrected chi connectivity index (χ2v) is 8.42. The second-order valence-electron chi connectivity index (χ2n) is 6.86. The zero-order chi connectivity index (χ0) is 21.0. The summed E-state index contributed by atoms with van der Waals surface area (Å²) in [5, 5.41) is 7.80. The molecule has 3 N–H and O–H groups in total. The first-order valence-corrected chi connectivity index (χ1v) is 10.7. The molecule has 2 amide bonds. The van der Waals surface area contributed by atoms with E-state index in [1.165, 1.54) is 18.2 Å². The average molecular weight is 417 g/mol. The van der Waals surface area contributed by atoms with Gasteiger partial charge >= 0.3 is 6.03 Å². The van der Waals surface area contributed by atoms with E-state index < -0.39 is 10.0 Å². The second kappa shape index (κ2) is 8.62. The van der Waals surface area contributed by atoms with Gasteiger partial charge in [0.2, 0.25) is 10.0 Å². The van der Waals surface area contributed by atoms with Crippen molar-refractivity contribution in [3.63, 3.8) is 0 Å². The maximum atomic E-state index is 12.7. The minimum atomic E-state index is -3.84. The van der Waals surface area contributed by atoms with Gasteiger partial charge in [0.15, 0.2) is 5.78 Å². The molecule has 1 saturated heterocycles. The van der Waals surface area contributed by atoms with Gasteiger partial charge in [0.1, 0.15) is 5.75 Å². The lowest BCUT2D eigenvalue weighted by molar-refractivity contribution is 0.0859. The zero-order valence-corrected chi connectivity index (χ0v) is 16.8. The van der Waals surface area contributed by atoms with Crippen LogP contribution in [0, 0.1) is 5.92 Å². The van der Waals surface area contributed by atoms with Gasteiger partial charge in [0.25, 0.3) is 0 Å². The van der Waals surface area contributed by atoms with Crippen molar-refractivity contribution < 1.29 is 22.7 Å². The summed E-state index contributed by atoms with van der Waals surface area (Å²) in [6, 6.07) is 12.4. The van der Waals surface area contributed by atoms with Crippen molar-refractivity contribution in [2.24, 2.45) is 11.1 Å². The number of nitrogens with zero attached hydrogens (tertiary/aromatic N) is 1. The lowest BCUT2D eigenvalue weighted by Gasteiger charge is -2.31. The number of nitrogens with one attached hydrogen (secondary N) is 1. The molecular formula is C20H23N3O5S. The predicted octanol–water partition coefficient (Wildman–Crippen LogP) is 2.47. The molecule has 1 heterocycles. The van der Waals surface area contributed by atoms with Gasteiger partial charge in [-0.3, -0.25) is 4.79 Å². The normalized spacial score (nSPS) is 15.0. The van der Waals surface area contributed by atoms with Crippen molar-refractivity contribution in [2.75, 3.05) is 25.5 Å². The minimum absolute atomic E-state index is 0.0635. The molecule has 0 aromatic heterocycles. The van der Waals surface area contributed by atoms with E-state index in [0.717, 1.165) is 0 Å². The molecule has 0 saturated carbocycles. The summed E-state index contributed by atoms with van der Waals surface area (Å²) in [5.74, 6) is 0.617. The molecule has 8 nitrogen and oxygen atoms in total. The number of amides is 2. The summed E-state index contributed by atoms with van der Waals surface area (Å²) < 4.78 is 28.0. The molecule has 1 aliphatic heterocycles. The quantitative estimate of drug-likeness (QED) is 0.725. The van der Waals surface area contributed by atoms with Crippen LogP contribution in [0.25, 0.3) is 0 Å². The first-order valence-electron chi connectivity index (χ1n) is 9.15. The number of nitrogens with two attached hydrogens (primary N) is 1. The van der Waals surface area contributed by atoms with Gasteiger partial charge in [-0.25, -0.2) is 18.4 Å². The molecule has 1 aliphatic rings. The Morgan fingerprint density at radius 3 is 2.34 bits per heavy atom. The number of carbonyl (C=O) groups is 2. The van der Waals surface area contributed by atoms with E-state index in [1.54, 1.807) is 42.3 Å². The van der Waals surface area contributed by atoms with Crippen LogP contribution in [0.1, 0.15) is 23.2 Å². The standard InChI is InChI=1S/C20H23N3O5S/c1-28-17-7-5-14(6-8-17)19(24)15-9-11-23(12-10-15)20(25)22-16-3-2-4-18(13-16)29(21,26)27/h2-8,13,15H,9-12H2,1H3,(H,22,25)(H2,21,26,27). The molecule has 9 heteroatoms. The van der Waals surface area contributed by atoms with Crippen LogP contribution in [0.5, 0.6) is 5.75 Å². The number of ether oxygens (including phenoxy) is 1. The molecule has 154 valence electrons. The Labute approximate surface area is 169 Å². The smallest absolute Gasteiger partial charge is 0.321 e. The number of hydrogen-bond donors (Lipinski definition) is 2. The maximum Gasteiger partial charge on any atom is 0.321 e. The number of benzene rings is 2. The Morgan fingerprint density at radius 1 is 1.10 bits per heavy atom. The summed E-state index contributed by atoms with van der Waals surface area (Å²) in [6.45, 7) is 0.876. The van der Waals surface area contributed by atoms with Crippen molar-refractivity contribution >= 4 is 27.5 Å². The summed E-state index contributed by atoms with van der Waals surface area (Å²) in [5.41, 5.74) is 0.978. The van der Waals surface area contributed by atoms with Gasteiger partial charge in [-0.2, -0.15) is 0 Å². The van der Waals surface area contributed by atoms with E-state index in [9.17, 15) is 18.0 Å². The molecule has 0 unspecified atom stereocenters. The molecule has 0 atom stereocenters. The van der Waals surface area contributed by atoms with Gasteiger partial charge in [-0.1, -0.05) is 6.07 Å². The van der Waals surface area contributed by atoms with Gasteiger partial charge < -0.3 is 15.0 Å². The lowest BCUT2D eigenvalue weighted by atomic mass is 9.89. The minimum Gasteiger partial charge on any atom is -0.497 e. The number of urea groups is 1. The van der Waals surface area contributed by atoms with Gasteiger partial charge in [0.05, 0.1) is 12.0 Å². The number of Topliss-reactive ketones (excluding diaryl/α,β-unsaturated/α-hetero) is 1. The molecular weight excluding hydrogens is 394 g/mol. The molecule has 0 aliphatic carbocycles. The first-order chi connectivity index (χ1) is 13.8. The van der Waals surface area contributed by atoms with Crippen LogP contribution in [0.15, 0.2) is 53.4 Å². The summed E-state index contributed by atoms with van der Waals surface area (Å²) in [4.78, 5) is 26.7. The van der Waals surface area contributed by atoms with Crippen LogP contribution in [0.3, 0.4) is 0 Å². The van der Waals surface area contributed by atoms with Crippen LogP contribution in [-0.4, -0.2) is 45.3 Å². The Bertz CT molecular complexity index is 997. The van der Waals surface area contributed by atoms with Crippen molar-refractivity contribution in [1.82, 2.24) is 4.90 Å². The highest BCUT2D eigenvalue weighted by atomic mass is 32.2. The van der Waals surface area contributed by atoms with Crippen molar-refractivity contribution in [3.8, 4) is 5.75 Å². The van der Waals surface area contributed by atoms with E-state index in [1.807, 2.05) is 0 Å². The number of likely N-dealkylation sites (tertiary alicyclic amines) is 1. The number of primary sulfonamides is 1. The molecule has 2 aromatic rings. The Morgan fingerprint density at radius 2 is 1.76 bits per heavy atom. The van der Waals surface area contributed by atoms with E-state index in [2.05, 4.69) is 5.32 Å². The van der Waals surface area contributed by atoms with Gasteiger partial charge in [-0.15, -0.1) is 0 Å². The lowest BCUT2D eigenvalue weighted by Crippen LogP contribution is -2.42. The summed E-state index contributed by atoms with van der Waals surface area (Å²) in [7, 11) is -2.27. The third kappa shape index (κ3) is 5.12. The number of carbonyl (C=O) groups excluding carboxylic acids is 2. The van der Waals surface area contributed by atoms with Crippen molar-refractivity contribution in [3.05, 3.63) is 54.1 Å². The number of methoxy groups -OCH3 is 1. The SMILES string of the molecule is COc1ccc(C(=O)C2CCN(C(=O)Nc3cccc(S(N)(=O)=O)c3)CC2)cc1. The van der Waals surface area contributed by atoms with Crippen LogP contribution in [0.4, 0.5) is 10.5 Å². The number of anilines is 1. The van der Waals surface area contributed by atoms with Crippen LogP contribution >= 0.6 is 0 Å². The Kier molecular flexibility index (Phi) is 6.19. The molecule has 1 fully saturated rings. The average Bonchev–Trinajstić information content (AvgIpc) is 2.73. The fraction of sp³-hybridized carbons (Fsp3) is 0.300. The van der Waals surface area contributed by atoms with Gasteiger partial charge in [0, 0.05) is 30.3 Å². The zero-order valence-electron chi connectivity index (χ0n) is 16.0. The van der Waals surface area contributed by atoms with Crippen molar-refractivity contribution in [1.29, 1.82) is 0 Å². The largest absolute Gasteiger partial charge is 0.497 e. The number of piperidine rings is 1. The fourth-order valence-corrected chi connectivity index (χ4v) is 3.85. The number of rotatable bonds is 5. The highest BCUT2D eigenvalue weighted by Crippen LogP contribution is 2.24. The summed E-state index contributed by atoms with van der Waals surface area (Å²) in [6.07, 6.45) is 1.13. The van der Waals surface area contributed by atoms with Gasteiger partial charge in [-0.05, 0) is 55.3 Å². The number of hydrogen-bond acceptors (Lipinski definition) is 5. The molecule has 0 bridgehead atoms. The Hall–Kier alpha value is -2.91. The van der Waals surface area contributed by atoms with Crippen LogP contribution in [-0.2, 0) is 10.0 Å². The molecule has 2 aromatic carbocycles. The topological polar surface area (TPSA) is 119 Å². The molecule has 0 spiro atoms. The summed E-state index contributed by atoms with van der Waals surface area (Å²) >= 11 is 0. The van der Waals surface area contributed by atoms with Crippen LogP contribution in [0.2, 0.25) is 0 Å². The fourth-order valence-electron chi connectivity index (χ4n) is 3.29. The van der Waals surface area contributed by atoms with Crippen LogP contribution < -0.4 is 15.2 Å². The van der Waals surface area contributed by atoms with Crippen molar-refractivity contribution in [2.45, 2.75) is 17.7 Å². The van der Waals surface area contributed by atoms with E-state index >= 15 is 0 Å². The number of ketones is 1. The number of sulfonamides is 1. The highest BCUT2D eigenvalue weighted by molar-refractivity contribution is 7.89. The monoisotopic (exact) mass is 417 g/mol. The Balaban J connectivity index is 1.57. The molecule has 3 rings (SSSR count). The third-order valence-corrected chi connectivity index (χ3v) is 5.85. The molecule has 29 heavy (non-hydrogen) atoms. The third-order valence-electron chi connectivity index (χ3n) is 4.94. The highest BCUT2D eigenvalue weighted by Gasteiger charge is 2.28. The van der Waals surface area contributed by atoms with E-state index in [4.69, 9.17) is 9.88 Å². The van der Waals surface area contributed by atoms with E-state index in [0.29, 0.717) is 42.9 Å². The first kappa shape index (κ1) is 20.8. The predicted molar refractivity (Wildman–Crippen MR) is 108 cm³/mol. The molecule has 0 radical (unpaired) electrons.